The van der Waals surface area contributed by atoms with Crippen LogP contribution in [0.15, 0.2) is 35.5 Å². The molecule has 0 radical (unpaired) electrons. The highest BCUT2D eigenvalue weighted by Gasteiger charge is 2.26. The van der Waals surface area contributed by atoms with Gasteiger partial charge in [-0.25, -0.2) is 17.4 Å². The summed E-state index contributed by atoms with van der Waals surface area (Å²) in [5.74, 6) is -0.236. The van der Waals surface area contributed by atoms with Crippen LogP contribution in [0, 0.1) is 20.8 Å². The summed E-state index contributed by atoms with van der Waals surface area (Å²) in [6, 6.07) is 5.11. The molecule has 0 fully saturated rings. The molecule has 5 nitrogen and oxygen atoms in total. The van der Waals surface area contributed by atoms with Gasteiger partial charge in [-0.15, -0.1) is 0 Å². The molecule has 3 aromatic rings. The normalized spacial score (nSPS) is 11.9. The fraction of sp³-hybridized carbons (Fsp3) is 0.222. The van der Waals surface area contributed by atoms with Crippen LogP contribution in [-0.2, 0) is 10.0 Å². The quantitative estimate of drug-likeness (QED) is 0.510. The molecule has 0 N–H and O–H groups in total. The Morgan fingerprint density at radius 3 is 2.28 bits per heavy atom. The van der Waals surface area contributed by atoms with E-state index in [4.69, 9.17) is 11.6 Å². The van der Waals surface area contributed by atoms with E-state index in [9.17, 15) is 13.2 Å². The minimum atomic E-state index is -3.90. The van der Waals surface area contributed by atoms with Crippen molar-refractivity contribution in [3.05, 3.63) is 58.0 Å². The summed E-state index contributed by atoms with van der Waals surface area (Å²) in [5, 5.41) is 0.623. The third-order valence-electron chi connectivity index (χ3n) is 4.12. The summed E-state index contributed by atoms with van der Waals surface area (Å²) < 4.78 is 27.8. The highest BCUT2D eigenvalue weighted by Crippen LogP contribution is 2.30. The molecule has 0 spiro atoms. The first-order valence-corrected chi connectivity index (χ1v) is 9.45. The van der Waals surface area contributed by atoms with Crippen molar-refractivity contribution >= 4 is 38.3 Å². The lowest BCUT2D eigenvalue weighted by Crippen LogP contribution is -2.15. The number of hydrogen-bond acceptors (Lipinski definition) is 4. The van der Waals surface area contributed by atoms with Gasteiger partial charge in [0.25, 0.3) is 10.0 Å². The minimum absolute atomic E-state index is 0.162. The van der Waals surface area contributed by atoms with Gasteiger partial charge in [-0.1, -0.05) is 29.3 Å². The van der Waals surface area contributed by atoms with Crippen LogP contribution in [0.2, 0.25) is 5.15 Å². The second-order valence-corrected chi connectivity index (χ2v) is 8.29. The van der Waals surface area contributed by atoms with Crippen molar-refractivity contribution in [1.82, 2.24) is 8.96 Å². The summed E-state index contributed by atoms with van der Waals surface area (Å²) in [4.78, 5) is 16.1. The molecule has 0 aliphatic heterocycles. The van der Waals surface area contributed by atoms with E-state index in [2.05, 4.69) is 4.98 Å². The number of aryl methyl sites for hydroxylation is 3. The van der Waals surface area contributed by atoms with Gasteiger partial charge in [0.2, 0.25) is 0 Å². The van der Waals surface area contributed by atoms with Gasteiger partial charge in [0, 0.05) is 29.4 Å². The first-order chi connectivity index (χ1) is 11.6. The second kappa shape index (κ2) is 5.97. The second-order valence-electron chi connectivity index (χ2n) is 6.15. The zero-order chi connectivity index (χ0) is 18.5. The van der Waals surface area contributed by atoms with Crippen LogP contribution in [-0.4, -0.2) is 23.2 Å². The zero-order valence-corrected chi connectivity index (χ0v) is 15.9. The fourth-order valence-electron chi connectivity index (χ4n) is 3.22. The van der Waals surface area contributed by atoms with Crippen LogP contribution in [0.5, 0.6) is 0 Å². The largest absolute Gasteiger partial charge is 0.294 e. The van der Waals surface area contributed by atoms with E-state index in [1.807, 2.05) is 19.1 Å². The number of Topliss-reactive ketones (excluding diaryl/α,β-unsaturated/α-hetero) is 1. The summed E-state index contributed by atoms with van der Waals surface area (Å²) >= 11 is 5.95. The Morgan fingerprint density at radius 1 is 1.12 bits per heavy atom. The highest BCUT2D eigenvalue weighted by atomic mass is 35.5. The Bertz CT molecular complexity index is 1110. The third-order valence-corrected chi connectivity index (χ3v) is 6.31. The summed E-state index contributed by atoms with van der Waals surface area (Å²) in [7, 11) is -3.90. The molecule has 0 saturated carbocycles. The molecular formula is C18H17ClN2O3S. The van der Waals surface area contributed by atoms with Gasteiger partial charge in [0.1, 0.15) is 5.15 Å². The zero-order valence-electron chi connectivity index (χ0n) is 14.3. The van der Waals surface area contributed by atoms with E-state index in [0.717, 1.165) is 9.54 Å². The molecule has 0 bridgehead atoms. The number of carbonyl (C=O) groups excluding carboxylic acids is 1. The van der Waals surface area contributed by atoms with Gasteiger partial charge in [-0.2, -0.15) is 0 Å². The number of aromatic nitrogens is 2. The van der Waals surface area contributed by atoms with Crippen molar-refractivity contribution in [2.45, 2.75) is 32.6 Å². The van der Waals surface area contributed by atoms with E-state index >= 15 is 0 Å². The number of halogens is 1. The van der Waals surface area contributed by atoms with Gasteiger partial charge in [0.05, 0.1) is 10.4 Å². The topological polar surface area (TPSA) is 69.0 Å². The van der Waals surface area contributed by atoms with E-state index in [0.29, 0.717) is 27.6 Å². The Labute approximate surface area is 151 Å². The summed E-state index contributed by atoms with van der Waals surface area (Å²) in [5.41, 5.74) is 2.94. The number of nitrogens with zero attached hydrogens (tertiary/aromatic N) is 2. The number of hydrogen-bond donors (Lipinski definition) is 0. The molecule has 0 amide bonds. The maximum atomic E-state index is 13.3. The van der Waals surface area contributed by atoms with Gasteiger partial charge >= 0.3 is 0 Å². The van der Waals surface area contributed by atoms with Gasteiger partial charge in [-0.3, -0.25) is 4.79 Å². The Balaban J connectivity index is 2.40. The Morgan fingerprint density at radius 2 is 1.72 bits per heavy atom. The van der Waals surface area contributed by atoms with Crippen LogP contribution in [0.25, 0.3) is 10.9 Å². The van der Waals surface area contributed by atoms with Gasteiger partial charge in [0.15, 0.2) is 5.78 Å². The average molecular weight is 377 g/mol. The monoisotopic (exact) mass is 376 g/mol. The summed E-state index contributed by atoms with van der Waals surface area (Å²) in [6.07, 6.45) is 2.77. The predicted molar refractivity (Wildman–Crippen MR) is 98.0 cm³/mol. The summed E-state index contributed by atoms with van der Waals surface area (Å²) in [6.45, 7) is 6.83. The van der Waals surface area contributed by atoms with Gasteiger partial charge in [-0.05, 0) is 38.8 Å². The van der Waals surface area contributed by atoms with Crippen LogP contribution in [0.4, 0.5) is 0 Å². The van der Waals surface area contributed by atoms with E-state index in [-0.39, 0.29) is 15.8 Å². The van der Waals surface area contributed by atoms with Crippen LogP contribution in [0.3, 0.4) is 0 Å². The van der Waals surface area contributed by atoms with Crippen LogP contribution < -0.4 is 0 Å². The van der Waals surface area contributed by atoms with Crippen molar-refractivity contribution in [2.75, 3.05) is 0 Å². The number of benzene rings is 1. The standard InChI is InChI=1S/C18H17ClN2O3S/c1-10-5-11(2)18(12(3)6-10)25(23,24)21-9-15(13(4)22)14-8-20-17(19)7-16(14)21/h5-9H,1-4H3. The molecule has 2 aromatic heterocycles. The molecular weight excluding hydrogens is 360 g/mol. The predicted octanol–water partition coefficient (Wildman–Crippen LogP) is 4.05. The molecule has 7 heteroatoms. The molecule has 25 heavy (non-hydrogen) atoms. The first kappa shape index (κ1) is 17.6. The number of fused-ring (bicyclic) bond motifs is 1. The first-order valence-electron chi connectivity index (χ1n) is 7.64. The van der Waals surface area contributed by atoms with E-state index in [1.165, 1.54) is 25.4 Å². The average Bonchev–Trinajstić information content (AvgIpc) is 2.85. The third kappa shape index (κ3) is 2.85. The molecule has 130 valence electrons. The highest BCUT2D eigenvalue weighted by molar-refractivity contribution is 7.90. The molecule has 0 unspecified atom stereocenters. The fourth-order valence-corrected chi connectivity index (χ4v) is 5.15. The van der Waals surface area contributed by atoms with Crippen molar-refractivity contribution in [3.63, 3.8) is 0 Å². The van der Waals surface area contributed by atoms with Crippen molar-refractivity contribution in [2.24, 2.45) is 0 Å². The molecule has 0 saturated heterocycles. The van der Waals surface area contributed by atoms with E-state index < -0.39 is 10.0 Å². The Kier molecular flexibility index (Phi) is 4.21. The smallest absolute Gasteiger partial charge is 0.268 e. The molecule has 2 heterocycles. The number of rotatable bonds is 3. The SMILES string of the molecule is CC(=O)c1cn(S(=O)(=O)c2c(C)cc(C)cc2C)c2cc(Cl)ncc12. The van der Waals surface area contributed by atoms with Crippen molar-refractivity contribution in [3.8, 4) is 0 Å². The number of carbonyl (C=O) groups is 1. The number of ketones is 1. The molecule has 0 aliphatic carbocycles. The molecule has 3 rings (SSSR count). The maximum absolute atomic E-state index is 13.3. The molecule has 0 aliphatic rings. The van der Waals surface area contributed by atoms with E-state index in [1.54, 1.807) is 13.8 Å². The molecule has 0 atom stereocenters. The molecule has 1 aromatic carbocycles. The Hall–Kier alpha value is -2.18. The minimum Gasteiger partial charge on any atom is -0.294 e. The van der Waals surface area contributed by atoms with Crippen LogP contribution >= 0.6 is 11.6 Å². The lowest BCUT2D eigenvalue weighted by atomic mass is 10.1. The van der Waals surface area contributed by atoms with Crippen molar-refractivity contribution in [1.29, 1.82) is 0 Å². The maximum Gasteiger partial charge on any atom is 0.268 e. The van der Waals surface area contributed by atoms with Gasteiger partial charge < -0.3 is 0 Å². The lowest BCUT2D eigenvalue weighted by molar-refractivity contribution is 0.101. The number of pyridine rings is 1. The lowest BCUT2D eigenvalue weighted by Gasteiger charge is -2.14. The van der Waals surface area contributed by atoms with Crippen molar-refractivity contribution < 1.29 is 13.2 Å². The van der Waals surface area contributed by atoms with Crippen LogP contribution in [0.1, 0.15) is 34.0 Å².